The van der Waals surface area contributed by atoms with Crippen LogP contribution in [-0.2, 0) is 11.2 Å². The molecule has 3 heterocycles. The van der Waals surface area contributed by atoms with Gasteiger partial charge in [-0.3, -0.25) is 9.78 Å². The van der Waals surface area contributed by atoms with Crippen molar-refractivity contribution in [2.45, 2.75) is 18.9 Å². The zero-order valence-corrected chi connectivity index (χ0v) is 17.7. The highest BCUT2D eigenvalue weighted by Crippen LogP contribution is 2.38. The minimum Gasteiger partial charge on any atom is -0.396 e. The van der Waals surface area contributed by atoms with Gasteiger partial charge in [0, 0.05) is 29.4 Å². The first-order chi connectivity index (χ1) is 14.6. The number of aliphatic hydroxyl groups excluding tert-OH is 1. The lowest BCUT2D eigenvalue weighted by molar-refractivity contribution is -0.119. The number of aliphatic hydroxyl groups is 1. The van der Waals surface area contributed by atoms with Crippen LogP contribution < -0.4 is 10.6 Å². The predicted molar refractivity (Wildman–Crippen MR) is 117 cm³/mol. The molecule has 3 aromatic rings. The summed E-state index contributed by atoms with van der Waals surface area (Å²) in [5, 5.41) is 19.8. The Kier molecular flexibility index (Phi) is 5.91. The fourth-order valence-electron chi connectivity index (χ4n) is 3.49. The van der Waals surface area contributed by atoms with Crippen LogP contribution in [0.25, 0.3) is 0 Å². The zero-order valence-electron chi connectivity index (χ0n) is 16.1. The molecule has 0 spiro atoms. The monoisotopic (exact) mass is 468 g/mol. The van der Waals surface area contributed by atoms with Crippen molar-refractivity contribution in [1.82, 2.24) is 19.7 Å². The van der Waals surface area contributed by atoms with Crippen LogP contribution in [0.1, 0.15) is 23.9 Å². The number of anilines is 2. The molecule has 9 heteroatoms. The first-order valence-corrected chi connectivity index (χ1v) is 10.3. The van der Waals surface area contributed by atoms with E-state index in [2.05, 4.69) is 48.2 Å². The molecular weight excluding hydrogens is 448 g/mol. The van der Waals surface area contributed by atoms with Crippen LogP contribution in [0.5, 0.6) is 0 Å². The van der Waals surface area contributed by atoms with E-state index in [1.165, 1.54) is 0 Å². The fourth-order valence-corrected chi connectivity index (χ4v) is 3.76. The van der Waals surface area contributed by atoms with Gasteiger partial charge in [-0.05, 0) is 36.2 Å². The summed E-state index contributed by atoms with van der Waals surface area (Å²) < 4.78 is 2.68. The van der Waals surface area contributed by atoms with E-state index >= 15 is 0 Å². The van der Waals surface area contributed by atoms with Gasteiger partial charge in [0.25, 0.3) is 0 Å². The third-order valence-corrected chi connectivity index (χ3v) is 5.41. The molecule has 2 unspecified atom stereocenters. The third-order valence-electron chi connectivity index (χ3n) is 4.88. The molecule has 0 bridgehead atoms. The number of rotatable bonds is 6. The summed E-state index contributed by atoms with van der Waals surface area (Å²) in [4.78, 5) is 21.9. The Labute approximate surface area is 182 Å². The molecule has 8 nitrogen and oxygen atoms in total. The van der Waals surface area contributed by atoms with Gasteiger partial charge < -0.3 is 15.7 Å². The maximum atomic E-state index is 13.3. The van der Waals surface area contributed by atoms with E-state index in [4.69, 9.17) is 5.11 Å². The van der Waals surface area contributed by atoms with Crippen molar-refractivity contribution in [2.24, 2.45) is 5.92 Å². The largest absolute Gasteiger partial charge is 0.396 e. The average Bonchev–Trinajstić information content (AvgIpc) is 3.15. The van der Waals surface area contributed by atoms with Crippen LogP contribution in [0.4, 0.5) is 11.6 Å². The third kappa shape index (κ3) is 4.12. The number of pyridine rings is 1. The van der Waals surface area contributed by atoms with Crippen molar-refractivity contribution in [3.63, 3.8) is 0 Å². The van der Waals surface area contributed by atoms with Gasteiger partial charge in [-0.1, -0.05) is 34.6 Å². The lowest BCUT2D eigenvalue weighted by Gasteiger charge is -2.33. The summed E-state index contributed by atoms with van der Waals surface area (Å²) in [6, 6.07) is 10.9. The molecule has 154 valence electrons. The Bertz CT molecular complexity index is 1050. The number of hydrogen-bond acceptors (Lipinski definition) is 6. The normalized spacial score (nSPS) is 17.9. The van der Waals surface area contributed by atoms with Gasteiger partial charge in [0.2, 0.25) is 11.9 Å². The van der Waals surface area contributed by atoms with Crippen molar-refractivity contribution in [3.8, 4) is 0 Å². The summed E-state index contributed by atoms with van der Waals surface area (Å²) in [5.74, 6) is 0.304. The minimum absolute atomic E-state index is 0.0658. The summed E-state index contributed by atoms with van der Waals surface area (Å²) in [5.41, 5.74) is 2.06. The van der Waals surface area contributed by atoms with Crippen molar-refractivity contribution < 1.29 is 9.90 Å². The molecular formula is C21H21BrN6O2. The van der Waals surface area contributed by atoms with E-state index in [0.717, 1.165) is 10.0 Å². The van der Waals surface area contributed by atoms with Crippen LogP contribution in [0.2, 0.25) is 0 Å². The quantitative estimate of drug-likeness (QED) is 0.513. The van der Waals surface area contributed by atoms with Gasteiger partial charge >= 0.3 is 0 Å². The Hall–Kier alpha value is -3.04. The van der Waals surface area contributed by atoms with Gasteiger partial charge in [0.05, 0.1) is 17.9 Å². The summed E-state index contributed by atoms with van der Waals surface area (Å²) in [6.45, 7) is 4.17. The van der Waals surface area contributed by atoms with Gasteiger partial charge in [-0.25, -0.2) is 4.68 Å². The highest BCUT2D eigenvalue weighted by Gasteiger charge is 2.40. The lowest BCUT2D eigenvalue weighted by Crippen LogP contribution is -2.39. The molecule has 0 saturated heterocycles. The molecule has 30 heavy (non-hydrogen) atoms. The number of nitrogens with zero attached hydrogens (tertiary/aromatic N) is 4. The second kappa shape index (κ2) is 8.76. The summed E-state index contributed by atoms with van der Waals surface area (Å²) >= 11 is 3.46. The van der Waals surface area contributed by atoms with Gasteiger partial charge in [-0.2, -0.15) is 10.1 Å². The number of hydrogen-bond donors (Lipinski definition) is 3. The van der Waals surface area contributed by atoms with Crippen LogP contribution in [0.3, 0.4) is 0 Å². The van der Waals surface area contributed by atoms with Crippen LogP contribution in [-0.4, -0.2) is 37.4 Å². The van der Waals surface area contributed by atoms with E-state index in [-0.39, 0.29) is 12.5 Å². The minimum atomic E-state index is -0.619. The number of benzene rings is 1. The zero-order chi connectivity index (χ0) is 21.1. The first-order valence-electron chi connectivity index (χ1n) is 9.55. The number of amides is 1. The van der Waals surface area contributed by atoms with E-state index in [0.29, 0.717) is 36.0 Å². The van der Waals surface area contributed by atoms with Crippen LogP contribution in [0.15, 0.2) is 65.5 Å². The number of fused-ring (bicyclic) bond motifs is 1. The second-order valence-corrected chi connectivity index (χ2v) is 7.89. The number of carbonyl (C=O) groups is 1. The van der Waals surface area contributed by atoms with E-state index < -0.39 is 12.0 Å². The highest BCUT2D eigenvalue weighted by atomic mass is 79.9. The number of aromatic nitrogens is 4. The molecule has 1 aliphatic heterocycles. The molecule has 1 aliphatic rings. The Balaban J connectivity index is 1.73. The molecule has 0 fully saturated rings. The Morgan fingerprint density at radius 2 is 2.10 bits per heavy atom. The van der Waals surface area contributed by atoms with Crippen LogP contribution in [0, 0.1) is 5.92 Å². The van der Waals surface area contributed by atoms with Gasteiger partial charge in [0.15, 0.2) is 5.82 Å². The lowest BCUT2D eigenvalue weighted by atomic mass is 9.88. The Morgan fingerprint density at radius 3 is 2.80 bits per heavy atom. The van der Waals surface area contributed by atoms with E-state index in [1.807, 2.05) is 24.3 Å². The van der Waals surface area contributed by atoms with Crippen molar-refractivity contribution in [2.75, 3.05) is 17.2 Å². The molecule has 3 N–H and O–H groups in total. The number of halogens is 1. The summed E-state index contributed by atoms with van der Waals surface area (Å²) in [7, 11) is 0. The number of carbonyl (C=O) groups excluding carboxylic acids is 1. The summed E-state index contributed by atoms with van der Waals surface area (Å²) in [6.07, 6.45) is 4.36. The van der Waals surface area contributed by atoms with Gasteiger partial charge in [0.1, 0.15) is 5.92 Å². The molecule has 2 atom stereocenters. The van der Waals surface area contributed by atoms with Crippen molar-refractivity contribution >= 4 is 33.5 Å². The smallest absolute Gasteiger partial charge is 0.236 e. The topological polar surface area (TPSA) is 105 Å². The molecule has 0 saturated carbocycles. The molecule has 1 aromatic carbocycles. The number of aryl methyl sites for hydroxylation is 1. The molecule has 0 aliphatic carbocycles. The average molecular weight is 469 g/mol. The maximum Gasteiger partial charge on any atom is 0.236 e. The SMILES string of the molecule is C=C1Nc2nc(CCCO)nn2C(c2ccc(Br)cc2)C1C(=O)Nc1cccnc1. The Morgan fingerprint density at radius 1 is 1.30 bits per heavy atom. The van der Waals surface area contributed by atoms with Crippen molar-refractivity contribution in [1.29, 1.82) is 0 Å². The van der Waals surface area contributed by atoms with E-state index in [9.17, 15) is 4.79 Å². The molecule has 0 radical (unpaired) electrons. The van der Waals surface area contributed by atoms with Crippen LogP contribution >= 0.6 is 15.9 Å². The first kappa shape index (κ1) is 20.2. The fraction of sp³-hybridized carbons (Fsp3) is 0.238. The molecule has 2 aromatic heterocycles. The van der Waals surface area contributed by atoms with Gasteiger partial charge in [-0.15, -0.1) is 0 Å². The van der Waals surface area contributed by atoms with Crippen molar-refractivity contribution in [3.05, 3.63) is 76.9 Å². The molecule has 1 amide bonds. The standard InChI is InChI=1S/C21H21BrN6O2/c1-13-18(20(30)25-16-4-2-10-23-12-16)19(14-6-8-15(22)9-7-14)28-21(24-13)26-17(27-28)5-3-11-29/h2,4,6-10,12,18-19,29H,1,3,5,11H2,(H,25,30)(H,24,26,27). The maximum absolute atomic E-state index is 13.3. The number of nitrogens with one attached hydrogen (secondary N) is 2. The molecule has 4 rings (SSSR count). The highest BCUT2D eigenvalue weighted by molar-refractivity contribution is 9.10. The van der Waals surface area contributed by atoms with E-state index in [1.54, 1.807) is 29.2 Å². The second-order valence-electron chi connectivity index (χ2n) is 6.98. The predicted octanol–water partition coefficient (Wildman–Crippen LogP) is 3.14.